The lowest BCUT2D eigenvalue weighted by atomic mass is 9.91. The Morgan fingerprint density at radius 2 is 2.15 bits per heavy atom. The van der Waals surface area contributed by atoms with Gasteiger partial charge in [-0.3, -0.25) is 9.59 Å². The van der Waals surface area contributed by atoms with Crippen LogP contribution in [0, 0.1) is 0 Å². The van der Waals surface area contributed by atoms with E-state index in [-0.39, 0.29) is 35.8 Å². The van der Waals surface area contributed by atoms with Crippen molar-refractivity contribution in [3.63, 3.8) is 0 Å². The lowest BCUT2D eigenvalue weighted by Gasteiger charge is -2.39. The van der Waals surface area contributed by atoms with Gasteiger partial charge in [0, 0.05) is 26.1 Å². The molecule has 0 aliphatic carbocycles. The Hall–Kier alpha value is -0.810. The van der Waals surface area contributed by atoms with Gasteiger partial charge in [-0.2, -0.15) is 0 Å². The second-order valence-electron chi connectivity index (χ2n) is 5.76. The van der Waals surface area contributed by atoms with Crippen LogP contribution in [-0.2, 0) is 9.59 Å². The quantitative estimate of drug-likeness (QED) is 0.820. The number of piperidine rings is 1. The summed E-state index contributed by atoms with van der Waals surface area (Å²) in [5.74, 6) is 0.214. The fourth-order valence-corrected chi connectivity index (χ4v) is 3.31. The highest BCUT2D eigenvalue weighted by Gasteiger charge is 2.42. The minimum Gasteiger partial charge on any atom is -0.352 e. The van der Waals surface area contributed by atoms with Crippen molar-refractivity contribution in [3.8, 4) is 0 Å². The van der Waals surface area contributed by atoms with Gasteiger partial charge in [0.1, 0.15) is 0 Å². The van der Waals surface area contributed by atoms with Crippen LogP contribution in [0.25, 0.3) is 0 Å². The molecule has 2 saturated heterocycles. The number of hydrogen-bond donors (Lipinski definition) is 2. The molecule has 0 saturated carbocycles. The van der Waals surface area contributed by atoms with E-state index in [9.17, 15) is 9.59 Å². The number of hydrogen-bond acceptors (Lipinski definition) is 3. The third kappa shape index (κ3) is 3.64. The van der Waals surface area contributed by atoms with Gasteiger partial charge in [0.25, 0.3) is 0 Å². The Bertz CT molecular complexity index is 356. The molecular weight excluding hydrogens is 278 g/mol. The van der Waals surface area contributed by atoms with Crippen LogP contribution in [0.15, 0.2) is 0 Å². The van der Waals surface area contributed by atoms with Crippen LogP contribution in [0.1, 0.15) is 46.0 Å². The topological polar surface area (TPSA) is 61.4 Å². The summed E-state index contributed by atoms with van der Waals surface area (Å²) in [7, 11) is 0. The molecule has 6 heteroatoms. The molecule has 0 aromatic heterocycles. The molecule has 116 valence electrons. The van der Waals surface area contributed by atoms with Crippen molar-refractivity contribution in [3.05, 3.63) is 0 Å². The first-order valence-corrected chi connectivity index (χ1v) is 7.39. The summed E-state index contributed by atoms with van der Waals surface area (Å²) < 4.78 is 0. The fourth-order valence-electron chi connectivity index (χ4n) is 3.31. The van der Waals surface area contributed by atoms with Crippen molar-refractivity contribution in [2.24, 2.45) is 0 Å². The lowest BCUT2D eigenvalue weighted by Crippen LogP contribution is -2.58. The Labute approximate surface area is 127 Å². The highest BCUT2D eigenvalue weighted by atomic mass is 35.5. The first kappa shape index (κ1) is 17.2. The summed E-state index contributed by atoms with van der Waals surface area (Å²) in [6.07, 6.45) is 4.78. The summed E-state index contributed by atoms with van der Waals surface area (Å²) in [5.41, 5.74) is -0.349. The minimum absolute atomic E-state index is 0. The van der Waals surface area contributed by atoms with Gasteiger partial charge in [-0.05, 0) is 38.6 Å². The average molecular weight is 304 g/mol. The SMILES string of the molecule is CCC1(C(=O)N2CCCC(NC(C)=O)C2)CCCN1.Cl. The number of carbonyl (C=O) groups excluding carboxylic acids is 2. The second-order valence-corrected chi connectivity index (χ2v) is 5.76. The van der Waals surface area contributed by atoms with Crippen molar-refractivity contribution in [2.45, 2.75) is 57.5 Å². The van der Waals surface area contributed by atoms with E-state index in [1.165, 1.54) is 6.92 Å². The van der Waals surface area contributed by atoms with E-state index in [0.29, 0.717) is 6.54 Å². The van der Waals surface area contributed by atoms with Crippen LogP contribution < -0.4 is 10.6 Å². The Morgan fingerprint density at radius 3 is 2.70 bits per heavy atom. The van der Waals surface area contributed by atoms with E-state index in [2.05, 4.69) is 17.6 Å². The van der Waals surface area contributed by atoms with Crippen molar-refractivity contribution < 1.29 is 9.59 Å². The molecule has 2 heterocycles. The van der Waals surface area contributed by atoms with Crippen LogP contribution in [0.5, 0.6) is 0 Å². The van der Waals surface area contributed by atoms with Crippen molar-refractivity contribution in [1.29, 1.82) is 0 Å². The van der Waals surface area contributed by atoms with Crippen LogP contribution in [-0.4, -0.2) is 47.9 Å². The van der Waals surface area contributed by atoms with Gasteiger partial charge in [0.15, 0.2) is 0 Å². The number of halogens is 1. The number of nitrogens with one attached hydrogen (secondary N) is 2. The van der Waals surface area contributed by atoms with Crippen LogP contribution in [0.3, 0.4) is 0 Å². The molecule has 2 unspecified atom stereocenters. The minimum atomic E-state index is -0.349. The highest BCUT2D eigenvalue weighted by Crippen LogP contribution is 2.26. The number of likely N-dealkylation sites (tertiary alicyclic amines) is 1. The van der Waals surface area contributed by atoms with E-state index in [1.54, 1.807) is 0 Å². The zero-order valence-corrected chi connectivity index (χ0v) is 13.2. The first-order chi connectivity index (χ1) is 9.07. The summed E-state index contributed by atoms with van der Waals surface area (Å²) in [6, 6.07) is 0.116. The van der Waals surface area contributed by atoms with Gasteiger partial charge in [-0.15, -0.1) is 12.4 Å². The van der Waals surface area contributed by atoms with Crippen molar-refractivity contribution >= 4 is 24.2 Å². The third-order valence-electron chi connectivity index (χ3n) is 4.37. The molecule has 0 aromatic carbocycles. The lowest BCUT2D eigenvalue weighted by molar-refractivity contribution is -0.140. The molecule has 2 fully saturated rings. The maximum Gasteiger partial charge on any atom is 0.242 e. The Morgan fingerprint density at radius 1 is 1.40 bits per heavy atom. The maximum absolute atomic E-state index is 12.7. The number of rotatable bonds is 3. The van der Waals surface area contributed by atoms with E-state index in [4.69, 9.17) is 0 Å². The summed E-state index contributed by atoms with van der Waals surface area (Å²) >= 11 is 0. The molecule has 2 atom stereocenters. The number of amides is 2. The molecule has 0 radical (unpaired) electrons. The molecule has 0 aromatic rings. The fraction of sp³-hybridized carbons (Fsp3) is 0.857. The Balaban J connectivity index is 0.00000200. The number of carbonyl (C=O) groups is 2. The van der Waals surface area contributed by atoms with Gasteiger partial charge in [0.05, 0.1) is 5.54 Å². The second kappa shape index (κ2) is 7.27. The van der Waals surface area contributed by atoms with Gasteiger partial charge >= 0.3 is 0 Å². The van der Waals surface area contributed by atoms with Gasteiger partial charge in [-0.1, -0.05) is 6.92 Å². The van der Waals surface area contributed by atoms with Crippen LogP contribution >= 0.6 is 12.4 Å². The molecule has 2 aliphatic rings. The summed E-state index contributed by atoms with van der Waals surface area (Å²) in [4.78, 5) is 25.8. The monoisotopic (exact) mass is 303 g/mol. The number of nitrogens with zero attached hydrogens (tertiary/aromatic N) is 1. The van der Waals surface area contributed by atoms with Crippen LogP contribution in [0.2, 0.25) is 0 Å². The first-order valence-electron chi connectivity index (χ1n) is 7.39. The van der Waals surface area contributed by atoms with E-state index >= 15 is 0 Å². The third-order valence-corrected chi connectivity index (χ3v) is 4.37. The summed E-state index contributed by atoms with van der Waals surface area (Å²) in [6.45, 7) is 6.01. The molecule has 2 aliphatic heterocycles. The van der Waals surface area contributed by atoms with E-state index < -0.39 is 0 Å². The van der Waals surface area contributed by atoms with Gasteiger partial charge < -0.3 is 15.5 Å². The average Bonchev–Trinajstić information content (AvgIpc) is 2.87. The molecule has 0 bridgehead atoms. The van der Waals surface area contributed by atoms with E-state index in [1.807, 2.05) is 4.90 Å². The highest BCUT2D eigenvalue weighted by molar-refractivity contribution is 5.87. The van der Waals surface area contributed by atoms with Gasteiger partial charge in [-0.25, -0.2) is 0 Å². The maximum atomic E-state index is 12.7. The predicted molar refractivity (Wildman–Crippen MR) is 80.9 cm³/mol. The predicted octanol–water partition coefficient (Wildman–Crippen LogP) is 1.07. The zero-order chi connectivity index (χ0) is 13.9. The molecule has 20 heavy (non-hydrogen) atoms. The molecular formula is C14H26ClN3O2. The van der Waals surface area contributed by atoms with E-state index in [0.717, 1.165) is 45.2 Å². The van der Waals surface area contributed by atoms with Crippen molar-refractivity contribution in [2.75, 3.05) is 19.6 Å². The van der Waals surface area contributed by atoms with Gasteiger partial charge in [0.2, 0.25) is 11.8 Å². The standard InChI is InChI=1S/C14H25N3O2.ClH/c1-3-14(7-5-8-15-14)13(19)17-9-4-6-12(10-17)16-11(2)18;/h12,15H,3-10H2,1-2H3,(H,16,18);1H. The molecule has 0 spiro atoms. The molecule has 5 nitrogen and oxygen atoms in total. The molecule has 2 N–H and O–H groups in total. The van der Waals surface area contributed by atoms with Crippen LogP contribution in [0.4, 0.5) is 0 Å². The smallest absolute Gasteiger partial charge is 0.242 e. The molecule has 2 amide bonds. The zero-order valence-electron chi connectivity index (χ0n) is 12.4. The van der Waals surface area contributed by atoms with Crippen molar-refractivity contribution in [1.82, 2.24) is 15.5 Å². The molecule has 2 rings (SSSR count). The Kier molecular flexibility index (Phi) is 6.27. The normalized spacial score (nSPS) is 29.7. The summed E-state index contributed by atoms with van der Waals surface area (Å²) in [5, 5.41) is 6.33. The largest absolute Gasteiger partial charge is 0.352 e.